The summed E-state index contributed by atoms with van der Waals surface area (Å²) in [6.07, 6.45) is 7.77. The molecule has 0 radical (unpaired) electrons. The van der Waals surface area contributed by atoms with Gasteiger partial charge in [-0.25, -0.2) is 0 Å². The fraction of sp³-hybridized carbons (Fsp3) is 0.632. The fourth-order valence-corrected chi connectivity index (χ4v) is 5.73. The first-order valence-electron chi connectivity index (χ1n) is 8.70. The van der Waals surface area contributed by atoms with E-state index in [4.69, 9.17) is 5.73 Å². The maximum absolute atomic E-state index is 11.6. The lowest BCUT2D eigenvalue weighted by Gasteiger charge is -2.60. The number of hydrogen-bond acceptors (Lipinski definition) is 1. The number of piperidine rings is 1. The standard InChI is InChI=1S/C19H26N2O/c1-21(2)10-9-19-8-4-3-5-15(19)17(21)12-13-6-7-14(18(20)22)11-16(13)19/h6-7,11,15,17H,3-5,8-10,12H2,1-2H3,(H-,20,22)/p+1/t15?,17-,19-/m1/s1. The summed E-state index contributed by atoms with van der Waals surface area (Å²) in [4.78, 5) is 11.6. The second kappa shape index (κ2) is 4.58. The molecule has 118 valence electrons. The minimum Gasteiger partial charge on any atom is -0.366 e. The molecule has 2 fully saturated rings. The Hall–Kier alpha value is -1.35. The van der Waals surface area contributed by atoms with Crippen LogP contribution in [0.3, 0.4) is 0 Å². The van der Waals surface area contributed by atoms with Crippen molar-refractivity contribution in [3.63, 3.8) is 0 Å². The zero-order valence-corrected chi connectivity index (χ0v) is 13.8. The summed E-state index contributed by atoms with van der Waals surface area (Å²) in [6, 6.07) is 6.98. The van der Waals surface area contributed by atoms with Crippen molar-refractivity contribution in [1.29, 1.82) is 0 Å². The minimum absolute atomic E-state index is 0.291. The number of amides is 1. The molecular weight excluding hydrogens is 272 g/mol. The number of primary amides is 1. The Kier molecular flexibility index (Phi) is 2.96. The van der Waals surface area contributed by atoms with Crippen molar-refractivity contribution in [2.24, 2.45) is 11.7 Å². The number of likely N-dealkylation sites (N-methyl/N-ethyl adjacent to an activating group) is 1. The lowest BCUT2D eigenvalue weighted by molar-refractivity contribution is -0.927. The molecule has 2 aliphatic carbocycles. The molecule has 3 nitrogen and oxygen atoms in total. The van der Waals surface area contributed by atoms with Crippen molar-refractivity contribution >= 4 is 5.91 Å². The molecule has 1 unspecified atom stereocenters. The first kappa shape index (κ1) is 14.3. The number of likely N-dealkylation sites (tertiary alicyclic amines) is 1. The van der Waals surface area contributed by atoms with Crippen LogP contribution in [0.4, 0.5) is 0 Å². The molecule has 0 spiro atoms. The molecule has 1 aliphatic heterocycles. The predicted octanol–water partition coefficient (Wildman–Crippen LogP) is 2.62. The Balaban J connectivity index is 1.90. The van der Waals surface area contributed by atoms with Crippen molar-refractivity contribution in [2.45, 2.75) is 50.0 Å². The third-order valence-electron chi connectivity index (χ3n) is 6.95. The summed E-state index contributed by atoms with van der Waals surface area (Å²) < 4.78 is 1.16. The van der Waals surface area contributed by atoms with E-state index < -0.39 is 0 Å². The van der Waals surface area contributed by atoms with Gasteiger partial charge in [0.05, 0.1) is 26.7 Å². The molecule has 1 aromatic rings. The molecule has 2 N–H and O–H groups in total. The van der Waals surface area contributed by atoms with E-state index in [1.54, 1.807) is 0 Å². The summed E-state index contributed by atoms with van der Waals surface area (Å²) in [5.74, 6) is 0.487. The first-order chi connectivity index (χ1) is 10.4. The minimum atomic E-state index is -0.291. The average Bonchev–Trinajstić information content (AvgIpc) is 2.51. The van der Waals surface area contributed by atoms with E-state index in [0.717, 1.165) is 22.9 Å². The highest BCUT2D eigenvalue weighted by atomic mass is 16.1. The van der Waals surface area contributed by atoms with Gasteiger partial charge in [0, 0.05) is 29.7 Å². The van der Waals surface area contributed by atoms with Crippen molar-refractivity contribution in [1.82, 2.24) is 0 Å². The van der Waals surface area contributed by atoms with Crippen LogP contribution < -0.4 is 5.73 Å². The van der Waals surface area contributed by atoms with Gasteiger partial charge in [0.1, 0.15) is 0 Å². The molecular formula is C19H27N2O+. The molecule has 1 aromatic carbocycles. The smallest absolute Gasteiger partial charge is 0.248 e. The van der Waals surface area contributed by atoms with Crippen molar-refractivity contribution in [2.75, 3.05) is 20.6 Å². The predicted molar refractivity (Wildman–Crippen MR) is 87.7 cm³/mol. The number of quaternary nitrogens is 1. The molecule has 4 rings (SSSR count). The molecule has 22 heavy (non-hydrogen) atoms. The SMILES string of the molecule is C[N+]1(C)CC[C@]23CCCCC2[C@H]1Cc1ccc(C(N)=O)cc13. The molecule has 1 amide bonds. The van der Waals surface area contributed by atoms with Crippen LogP contribution >= 0.6 is 0 Å². The maximum Gasteiger partial charge on any atom is 0.248 e. The third-order valence-corrected chi connectivity index (χ3v) is 6.95. The van der Waals surface area contributed by atoms with Crippen LogP contribution in [0.25, 0.3) is 0 Å². The summed E-state index contributed by atoms with van der Waals surface area (Å²) in [5, 5.41) is 0. The molecule has 3 heteroatoms. The Bertz CT molecular complexity index is 636. The van der Waals surface area contributed by atoms with Crippen molar-refractivity contribution < 1.29 is 9.28 Å². The molecule has 3 atom stereocenters. The van der Waals surface area contributed by atoms with Crippen molar-refractivity contribution in [3.05, 3.63) is 34.9 Å². The molecule has 1 heterocycles. The highest BCUT2D eigenvalue weighted by molar-refractivity contribution is 5.93. The number of fused-ring (bicyclic) bond motifs is 1. The van der Waals surface area contributed by atoms with Crippen LogP contribution in [0, 0.1) is 5.92 Å². The van der Waals surface area contributed by atoms with Crippen LogP contribution in [0.5, 0.6) is 0 Å². The van der Waals surface area contributed by atoms with Crippen LogP contribution in [0.1, 0.15) is 53.6 Å². The van der Waals surface area contributed by atoms with E-state index in [1.807, 2.05) is 6.07 Å². The molecule has 1 saturated heterocycles. The Morgan fingerprint density at radius 3 is 2.86 bits per heavy atom. The summed E-state index contributed by atoms with van der Waals surface area (Å²) >= 11 is 0. The lowest BCUT2D eigenvalue weighted by atomic mass is 9.52. The number of hydrogen-bond donors (Lipinski definition) is 1. The molecule has 0 aromatic heterocycles. The van der Waals surface area contributed by atoms with Crippen LogP contribution in [0.15, 0.2) is 18.2 Å². The van der Waals surface area contributed by atoms with Gasteiger partial charge in [-0.2, -0.15) is 0 Å². The van der Waals surface area contributed by atoms with Crippen LogP contribution in [0.2, 0.25) is 0 Å². The summed E-state index contributed by atoms with van der Waals surface area (Å²) in [6.45, 7) is 1.25. The zero-order valence-electron chi connectivity index (χ0n) is 13.8. The van der Waals surface area contributed by atoms with Crippen molar-refractivity contribution in [3.8, 4) is 0 Å². The fourth-order valence-electron chi connectivity index (χ4n) is 5.73. The average molecular weight is 299 g/mol. The van der Waals surface area contributed by atoms with Gasteiger partial charge in [-0.3, -0.25) is 4.79 Å². The van der Waals surface area contributed by atoms with Gasteiger partial charge >= 0.3 is 0 Å². The van der Waals surface area contributed by atoms with Gasteiger partial charge in [0.25, 0.3) is 0 Å². The van der Waals surface area contributed by atoms with Gasteiger partial charge in [-0.1, -0.05) is 18.9 Å². The Morgan fingerprint density at radius 1 is 1.27 bits per heavy atom. The van der Waals surface area contributed by atoms with Gasteiger partial charge < -0.3 is 10.2 Å². The monoisotopic (exact) mass is 299 g/mol. The topological polar surface area (TPSA) is 43.1 Å². The number of nitrogens with two attached hydrogens (primary N) is 1. The number of carbonyl (C=O) groups is 1. The van der Waals surface area contributed by atoms with Gasteiger partial charge in [-0.05, 0) is 36.1 Å². The number of rotatable bonds is 1. The van der Waals surface area contributed by atoms with Gasteiger partial charge in [-0.15, -0.1) is 0 Å². The summed E-state index contributed by atoms with van der Waals surface area (Å²) in [7, 11) is 4.82. The van der Waals surface area contributed by atoms with E-state index in [1.165, 1.54) is 49.8 Å². The van der Waals surface area contributed by atoms with E-state index in [2.05, 4.69) is 26.2 Å². The number of nitrogens with zero attached hydrogens (tertiary/aromatic N) is 1. The molecule has 2 bridgehead atoms. The lowest BCUT2D eigenvalue weighted by Crippen LogP contribution is -2.66. The normalized spacial score (nSPS) is 35.4. The van der Waals surface area contributed by atoms with E-state index in [0.29, 0.717) is 11.0 Å². The van der Waals surface area contributed by atoms with Gasteiger partial charge in [0.15, 0.2) is 0 Å². The van der Waals surface area contributed by atoms with E-state index >= 15 is 0 Å². The first-order valence-corrected chi connectivity index (χ1v) is 8.70. The molecule has 1 saturated carbocycles. The largest absolute Gasteiger partial charge is 0.366 e. The summed E-state index contributed by atoms with van der Waals surface area (Å²) in [5.41, 5.74) is 9.48. The highest BCUT2D eigenvalue weighted by Gasteiger charge is 2.57. The highest BCUT2D eigenvalue weighted by Crippen LogP contribution is 2.56. The van der Waals surface area contributed by atoms with Crippen LogP contribution in [-0.2, 0) is 11.8 Å². The Labute approximate surface area is 133 Å². The second-order valence-electron chi connectivity index (χ2n) is 8.27. The third kappa shape index (κ3) is 1.81. The Morgan fingerprint density at radius 2 is 2.09 bits per heavy atom. The quantitative estimate of drug-likeness (QED) is 0.796. The number of benzene rings is 1. The van der Waals surface area contributed by atoms with Gasteiger partial charge in [0.2, 0.25) is 5.91 Å². The molecule has 3 aliphatic rings. The van der Waals surface area contributed by atoms with E-state index in [9.17, 15) is 4.79 Å². The zero-order chi connectivity index (χ0) is 15.5. The second-order valence-corrected chi connectivity index (χ2v) is 8.27. The van der Waals surface area contributed by atoms with Crippen LogP contribution in [-0.4, -0.2) is 37.1 Å². The van der Waals surface area contributed by atoms with E-state index in [-0.39, 0.29) is 5.91 Å². The number of carbonyl (C=O) groups excluding carboxylic acids is 1. The maximum atomic E-state index is 11.6.